The molecule has 4 aromatic rings. The molecule has 0 spiro atoms. The Hall–Kier alpha value is -4.44. The molecule has 10 heteroatoms. The second-order valence-corrected chi connectivity index (χ2v) is 10.1. The monoisotopic (exact) mass is 543 g/mol. The van der Waals surface area contributed by atoms with Gasteiger partial charge in [-0.1, -0.05) is 30.3 Å². The Morgan fingerprint density at radius 3 is 2.75 bits per heavy atom. The lowest BCUT2D eigenvalue weighted by atomic mass is 10.0. The second-order valence-electron chi connectivity index (χ2n) is 10.1. The molecule has 0 bridgehead atoms. The van der Waals surface area contributed by atoms with Crippen LogP contribution < -0.4 is 15.5 Å². The van der Waals surface area contributed by atoms with Crippen LogP contribution in [0.15, 0.2) is 58.4 Å². The van der Waals surface area contributed by atoms with Crippen LogP contribution in [0.3, 0.4) is 0 Å². The van der Waals surface area contributed by atoms with Crippen molar-refractivity contribution in [3.05, 3.63) is 70.3 Å². The zero-order valence-electron chi connectivity index (χ0n) is 22.4. The molecule has 1 aromatic heterocycles. The van der Waals surface area contributed by atoms with E-state index in [4.69, 9.17) is 9.47 Å². The van der Waals surface area contributed by atoms with E-state index in [9.17, 15) is 9.59 Å². The minimum atomic E-state index is -0.622. The molecule has 0 saturated carbocycles. The normalized spacial score (nSPS) is 14.4. The highest BCUT2D eigenvalue weighted by Crippen LogP contribution is 2.47. The maximum atomic E-state index is 15.7. The first-order valence-corrected chi connectivity index (χ1v) is 13.3. The minimum Gasteiger partial charge on any atom is -0.451 e. The summed E-state index contributed by atoms with van der Waals surface area (Å²) < 4.78 is 29.2. The van der Waals surface area contributed by atoms with E-state index in [1.54, 1.807) is 17.4 Å². The van der Waals surface area contributed by atoms with Crippen molar-refractivity contribution in [1.82, 2.24) is 14.4 Å². The summed E-state index contributed by atoms with van der Waals surface area (Å²) in [5.41, 5.74) is 0.743. The molecule has 3 aromatic carbocycles. The van der Waals surface area contributed by atoms with Crippen LogP contribution in [0, 0.1) is 5.82 Å². The van der Waals surface area contributed by atoms with E-state index < -0.39 is 17.2 Å². The average Bonchev–Trinajstić information content (AvgIpc) is 2.97. The Bertz CT molecular complexity index is 1710. The van der Waals surface area contributed by atoms with Crippen molar-refractivity contribution in [2.75, 3.05) is 58.8 Å². The molecule has 2 aliphatic rings. The molecule has 2 aliphatic heterocycles. The molecule has 1 saturated heterocycles. The molecular weight excluding hydrogens is 513 g/mol. The SMILES string of the molecule is CN(C)C=NCCCNc1c(F)cc2c(=O)c(C(=O)N3CCOCC3)cn3c2c1Oc1ccc2ccccc2c1-3. The Morgan fingerprint density at radius 1 is 1.15 bits per heavy atom. The van der Waals surface area contributed by atoms with E-state index >= 15 is 4.39 Å². The zero-order valence-corrected chi connectivity index (χ0v) is 22.4. The van der Waals surface area contributed by atoms with Gasteiger partial charge in [-0.25, -0.2) is 4.39 Å². The third-order valence-corrected chi connectivity index (χ3v) is 7.12. The fourth-order valence-electron chi connectivity index (χ4n) is 5.24. The standard InChI is InChI=1S/C30H30FN5O4/c1-34(2)18-32-10-5-11-33-25-23(31)16-21-27-29(25)40-24-9-8-19-6-3-4-7-20(19)26(24)36(27)17-22(28(21)37)30(38)35-12-14-39-15-13-35/h3-4,6-9,16-18,33H,5,10-15H2,1-2H3. The maximum Gasteiger partial charge on any atom is 0.259 e. The minimum absolute atomic E-state index is 0.0139. The van der Waals surface area contributed by atoms with Crippen LogP contribution in [0.4, 0.5) is 10.1 Å². The number of ether oxygens (including phenoxy) is 2. The number of nitrogens with one attached hydrogen (secondary N) is 1. The fraction of sp³-hybridized carbons (Fsp3) is 0.300. The molecule has 0 unspecified atom stereocenters. The second kappa shape index (κ2) is 10.6. The number of rotatable bonds is 7. The van der Waals surface area contributed by atoms with Gasteiger partial charge in [0.05, 0.1) is 30.6 Å². The first-order valence-electron chi connectivity index (χ1n) is 13.3. The number of benzene rings is 3. The van der Waals surface area contributed by atoms with Gasteiger partial charge < -0.3 is 29.2 Å². The number of anilines is 1. The molecule has 1 fully saturated rings. The maximum absolute atomic E-state index is 15.7. The number of halogens is 1. The number of hydrogen-bond donors (Lipinski definition) is 1. The van der Waals surface area contributed by atoms with E-state index in [-0.39, 0.29) is 22.4 Å². The predicted molar refractivity (Wildman–Crippen MR) is 154 cm³/mol. The molecule has 6 rings (SSSR count). The van der Waals surface area contributed by atoms with Crippen molar-refractivity contribution in [3.8, 4) is 17.2 Å². The topological polar surface area (TPSA) is 88.4 Å². The van der Waals surface area contributed by atoms with Gasteiger partial charge in [0, 0.05) is 51.9 Å². The molecule has 1 N–H and O–H groups in total. The Kier molecular flexibility index (Phi) is 6.85. The molecule has 40 heavy (non-hydrogen) atoms. The van der Waals surface area contributed by atoms with Crippen LogP contribution in [-0.4, -0.2) is 80.1 Å². The number of fused-ring (bicyclic) bond motifs is 4. The van der Waals surface area contributed by atoms with Gasteiger partial charge in [-0.05, 0) is 23.9 Å². The van der Waals surface area contributed by atoms with Gasteiger partial charge in [-0.15, -0.1) is 0 Å². The fourth-order valence-corrected chi connectivity index (χ4v) is 5.24. The number of aromatic nitrogens is 1. The highest BCUT2D eigenvalue weighted by atomic mass is 19.1. The molecule has 3 heterocycles. The number of carbonyl (C=O) groups excluding carboxylic acids is 1. The van der Waals surface area contributed by atoms with Crippen molar-refractivity contribution in [1.29, 1.82) is 0 Å². The summed E-state index contributed by atoms with van der Waals surface area (Å²) in [6.45, 7) is 2.61. The molecular formula is C30H30FN5O4. The zero-order chi connectivity index (χ0) is 27.8. The summed E-state index contributed by atoms with van der Waals surface area (Å²) in [5, 5.41) is 5.11. The van der Waals surface area contributed by atoms with Crippen LogP contribution in [0.1, 0.15) is 16.8 Å². The van der Waals surface area contributed by atoms with Gasteiger partial charge in [0.1, 0.15) is 16.8 Å². The van der Waals surface area contributed by atoms with Crippen LogP contribution in [0.2, 0.25) is 0 Å². The summed E-state index contributed by atoms with van der Waals surface area (Å²) >= 11 is 0. The molecule has 0 aliphatic carbocycles. The van der Waals surface area contributed by atoms with E-state index in [0.717, 1.165) is 10.8 Å². The number of aliphatic imine (C=N–C) groups is 1. The third kappa shape index (κ3) is 4.54. The van der Waals surface area contributed by atoms with Crippen molar-refractivity contribution in [2.45, 2.75) is 6.42 Å². The van der Waals surface area contributed by atoms with Crippen LogP contribution in [-0.2, 0) is 4.74 Å². The van der Waals surface area contributed by atoms with Gasteiger partial charge in [-0.3, -0.25) is 14.6 Å². The molecule has 0 radical (unpaired) electrons. The number of nitrogens with zero attached hydrogens (tertiary/aromatic N) is 4. The van der Waals surface area contributed by atoms with E-state index in [1.165, 1.54) is 6.07 Å². The van der Waals surface area contributed by atoms with E-state index in [2.05, 4.69) is 10.3 Å². The summed E-state index contributed by atoms with van der Waals surface area (Å²) in [6.07, 6.45) is 3.99. The number of pyridine rings is 1. The lowest BCUT2D eigenvalue weighted by Gasteiger charge is -2.29. The van der Waals surface area contributed by atoms with Crippen molar-refractivity contribution < 1.29 is 18.7 Å². The van der Waals surface area contributed by atoms with Crippen LogP contribution in [0.25, 0.3) is 27.4 Å². The largest absolute Gasteiger partial charge is 0.451 e. The average molecular weight is 544 g/mol. The smallest absolute Gasteiger partial charge is 0.259 e. The number of amides is 1. The molecule has 0 atom stereocenters. The van der Waals surface area contributed by atoms with Crippen LogP contribution >= 0.6 is 0 Å². The highest BCUT2D eigenvalue weighted by Gasteiger charge is 2.31. The Balaban J connectivity index is 1.51. The summed E-state index contributed by atoms with van der Waals surface area (Å²) in [4.78, 5) is 35.1. The lowest BCUT2D eigenvalue weighted by Crippen LogP contribution is -2.42. The Labute approximate surface area is 230 Å². The van der Waals surface area contributed by atoms with Crippen LogP contribution in [0.5, 0.6) is 11.5 Å². The van der Waals surface area contributed by atoms with E-state index in [0.29, 0.717) is 62.8 Å². The summed E-state index contributed by atoms with van der Waals surface area (Å²) in [5.74, 6) is -0.292. The van der Waals surface area contributed by atoms with E-state index in [1.807, 2.05) is 60.0 Å². The lowest BCUT2D eigenvalue weighted by molar-refractivity contribution is 0.0302. The first-order chi connectivity index (χ1) is 19.4. The third-order valence-electron chi connectivity index (χ3n) is 7.12. The van der Waals surface area contributed by atoms with Crippen molar-refractivity contribution in [3.63, 3.8) is 0 Å². The van der Waals surface area contributed by atoms with Gasteiger partial charge in [0.25, 0.3) is 5.91 Å². The predicted octanol–water partition coefficient (Wildman–Crippen LogP) is 4.25. The Morgan fingerprint density at radius 2 is 1.95 bits per heavy atom. The number of hydrogen-bond acceptors (Lipinski definition) is 6. The van der Waals surface area contributed by atoms with Crippen molar-refractivity contribution >= 4 is 39.6 Å². The highest BCUT2D eigenvalue weighted by molar-refractivity contribution is 6.04. The molecule has 1 amide bonds. The van der Waals surface area contributed by atoms with Gasteiger partial charge in [-0.2, -0.15) is 0 Å². The van der Waals surface area contributed by atoms with Gasteiger partial charge in [0.15, 0.2) is 17.3 Å². The number of morpholine rings is 1. The van der Waals surface area contributed by atoms with Crippen molar-refractivity contribution in [2.24, 2.45) is 4.99 Å². The number of carbonyl (C=O) groups is 1. The van der Waals surface area contributed by atoms with Gasteiger partial charge in [0.2, 0.25) is 5.43 Å². The molecule has 206 valence electrons. The van der Waals surface area contributed by atoms with Gasteiger partial charge >= 0.3 is 0 Å². The summed E-state index contributed by atoms with van der Waals surface area (Å²) in [7, 11) is 3.80. The molecule has 9 nitrogen and oxygen atoms in total. The summed E-state index contributed by atoms with van der Waals surface area (Å²) in [6, 6.07) is 12.8. The first kappa shape index (κ1) is 25.8. The quantitative estimate of drug-likeness (QED) is 0.188.